The molecule has 0 amide bonds. The predicted molar refractivity (Wildman–Crippen MR) is 87.2 cm³/mol. The van der Waals surface area contributed by atoms with Crippen LogP contribution in [-0.2, 0) is 17.5 Å². The van der Waals surface area contributed by atoms with E-state index in [1.54, 1.807) is 24.4 Å². The first kappa shape index (κ1) is 17.5. The van der Waals surface area contributed by atoms with Crippen LogP contribution in [0.4, 0.5) is 19.0 Å². The van der Waals surface area contributed by atoms with E-state index in [1.165, 1.54) is 6.07 Å². The minimum absolute atomic E-state index is 0.0145. The summed E-state index contributed by atoms with van der Waals surface area (Å²) in [4.78, 5) is 4.16. The quantitative estimate of drug-likeness (QED) is 0.727. The zero-order chi connectivity index (χ0) is 18.9. The zero-order valence-electron chi connectivity index (χ0n) is 14.0. The lowest BCUT2D eigenvalue weighted by Gasteiger charge is -2.12. The summed E-state index contributed by atoms with van der Waals surface area (Å²) in [6, 6.07) is 6.50. The highest BCUT2D eigenvalue weighted by molar-refractivity contribution is 5.44. The third-order valence-corrected chi connectivity index (χ3v) is 3.96. The number of nitrogens with one attached hydrogen (secondary N) is 1. The summed E-state index contributed by atoms with van der Waals surface area (Å²) in [5.74, 6) is -0.429. The molecule has 0 spiro atoms. The minimum Gasteiger partial charge on any atom is -0.472 e. The molecule has 142 valence electrons. The molecule has 0 aliphatic carbocycles. The Morgan fingerprint density at radius 1 is 1.26 bits per heavy atom. The summed E-state index contributed by atoms with van der Waals surface area (Å²) in [6.07, 6.45) is -2.22. The van der Waals surface area contributed by atoms with Crippen molar-refractivity contribution in [2.45, 2.75) is 25.2 Å². The first-order valence-corrected chi connectivity index (χ1v) is 8.22. The Labute approximate surface area is 151 Å². The molecule has 1 N–H and O–H groups in total. The van der Waals surface area contributed by atoms with Crippen molar-refractivity contribution in [1.29, 1.82) is 0 Å². The molecule has 4 heterocycles. The largest absolute Gasteiger partial charge is 0.472 e. The second kappa shape index (κ2) is 6.99. The molecular formula is C16H15F3N6O2. The molecule has 11 heteroatoms. The van der Waals surface area contributed by atoms with E-state index in [1.807, 2.05) is 0 Å². The van der Waals surface area contributed by atoms with Gasteiger partial charge in [-0.1, -0.05) is 0 Å². The number of alkyl halides is 3. The first-order chi connectivity index (χ1) is 13.0. The van der Waals surface area contributed by atoms with E-state index in [9.17, 15) is 13.2 Å². The van der Waals surface area contributed by atoms with Crippen molar-refractivity contribution in [2.75, 3.05) is 18.5 Å². The average Bonchev–Trinajstić information content (AvgIpc) is 3.29. The fourth-order valence-electron chi connectivity index (χ4n) is 2.65. The molecule has 27 heavy (non-hydrogen) atoms. The van der Waals surface area contributed by atoms with Crippen LogP contribution in [0, 0.1) is 0 Å². The van der Waals surface area contributed by atoms with Gasteiger partial charge in [0.15, 0.2) is 5.65 Å². The Balaban J connectivity index is 1.47. The van der Waals surface area contributed by atoms with Crippen molar-refractivity contribution >= 4 is 11.5 Å². The Hall–Kier alpha value is -2.95. The van der Waals surface area contributed by atoms with Gasteiger partial charge in [0, 0.05) is 25.2 Å². The van der Waals surface area contributed by atoms with Crippen LogP contribution in [0.15, 0.2) is 30.5 Å². The number of fused-ring (bicyclic) bond motifs is 1. The number of pyridine rings is 1. The molecule has 1 saturated heterocycles. The van der Waals surface area contributed by atoms with E-state index in [0.29, 0.717) is 30.2 Å². The van der Waals surface area contributed by atoms with E-state index >= 15 is 0 Å². The van der Waals surface area contributed by atoms with Gasteiger partial charge in [0.05, 0.1) is 13.2 Å². The molecular weight excluding hydrogens is 365 g/mol. The normalized spacial score (nSPS) is 17.4. The fraction of sp³-hybridized carbons (Fsp3) is 0.375. The van der Waals surface area contributed by atoms with Crippen LogP contribution in [0.1, 0.15) is 17.8 Å². The Morgan fingerprint density at radius 2 is 2.15 bits per heavy atom. The van der Waals surface area contributed by atoms with Gasteiger partial charge in [-0.25, -0.2) is 4.98 Å². The maximum atomic E-state index is 12.9. The lowest BCUT2D eigenvalue weighted by Crippen LogP contribution is -2.16. The Kier molecular flexibility index (Phi) is 4.52. The molecule has 0 saturated carbocycles. The van der Waals surface area contributed by atoms with E-state index in [4.69, 9.17) is 9.47 Å². The molecule has 8 nitrogen and oxygen atoms in total. The molecule has 1 fully saturated rings. The molecule has 3 aromatic heterocycles. The van der Waals surface area contributed by atoms with Gasteiger partial charge in [-0.2, -0.15) is 17.7 Å². The maximum Gasteiger partial charge on any atom is 0.453 e. The molecule has 1 aliphatic rings. The predicted octanol–water partition coefficient (Wildman–Crippen LogP) is 2.32. The number of rotatable bonds is 5. The number of hydrogen-bond acceptors (Lipinski definition) is 7. The maximum absolute atomic E-state index is 12.9. The van der Waals surface area contributed by atoms with Crippen molar-refractivity contribution in [3.8, 4) is 5.88 Å². The van der Waals surface area contributed by atoms with Crippen molar-refractivity contribution in [3.63, 3.8) is 0 Å². The van der Waals surface area contributed by atoms with Crippen molar-refractivity contribution in [1.82, 2.24) is 24.8 Å². The van der Waals surface area contributed by atoms with Gasteiger partial charge in [0.1, 0.15) is 11.9 Å². The summed E-state index contributed by atoms with van der Waals surface area (Å²) in [5, 5.41) is 13.5. The number of aromatic nitrogens is 5. The smallest absolute Gasteiger partial charge is 0.453 e. The van der Waals surface area contributed by atoms with Gasteiger partial charge in [-0.3, -0.25) is 0 Å². The number of hydrogen-bond donors (Lipinski definition) is 1. The van der Waals surface area contributed by atoms with E-state index < -0.39 is 12.0 Å². The second-order valence-corrected chi connectivity index (χ2v) is 5.97. The summed E-state index contributed by atoms with van der Waals surface area (Å²) in [5.41, 5.74) is 0.867. The molecule has 1 atom stereocenters. The molecule has 1 aliphatic heterocycles. The Morgan fingerprint density at radius 3 is 2.93 bits per heavy atom. The topological polar surface area (TPSA) is 86.5 Å². The fourth-order valence-corrected chi connectivity index (χ4v) is 2.65. The van der Waals surface area contributed by atoms with Gasteiger partial charge in [-0.15, -0.1) is 15.3 Å². The highest BCUT2D eigenvalue weighted by Gasteiger charge is 2.37. The van der Waals surface area contributed by atoms with Crippen LogP contribution in [0.2, 0.25) is 0 Å². The lowest BCUT2D eigenvalue weighted by atomic mass is 10.2. The lowest BCUT2D eigenvalue weighted by molar-refractivity contribution is -0.146. The highest BCUT2D eigenvalue weighted by Crippen LogP contribution is 2.27. The summed E-state index contributed by atoms with van der Waals surface area (Å²) >= 11 is 0. The van der Waals surface area contributed by atoms with Crippen molar-refractivity contribution in [2.24, 2.45) is 0 Å². The van der Waals surface area contributed by atoms with Crippen molar-refractivity contribution in [3.05, 3.63) is 41.9 Å². The average molecular weight is 380 g/mol. The van der Waals surface area contributed by atoms with Crippen LogP contribution in [-0.4, -0.2) is 44.1 Å². The number of nitrogens with zero attached hydrogens (tertiary/aromatic N) is 5. The molecule has 3 aromatic rings. The van der Waals surface area contributed by atoms with E-state index in [-0.39, 0.29) is 17.6 Å². The summed E-state index contributed by atoms with van der Waals surface area (Å²) < 4.78 is 50.5. The number of halogens is 3. The van der Waals surface area contributed by atoms with Crippen LogP contribution in [0.25, 0.3) is 5.65 Å². The van der Waals surface area contributed by atoms with Crippen LogP contribution >= 0.6 is 0 Å². The van der Waals surface area contributed by atoms with Gasteiger partial charge >= 0.3 is 6.18 Å². The van der Waals surface area contributed by atoms with Crippen molar-refractivity contribution < 1.29 is 22.6 Å². The number of ether oxygens (including phenoxy) is 2. The Bertz CT molecular complexity index is 939. The minimum atomic E-state index is -4.63. The van der Waals surface area contributed by atoms with E-state index in [0.717, 1.165) is 12.0 Å². The monoisotopic (exact) mass is 380 g/mol. The van der Waals surface area contributed by atoms with Gasteiger partial charge < -0.3 is 14.8 Å². The molecule has 0 radical (unpaired) electrons. The SMILES string of the molecule is FC(F)(F)c1nnc2ccc(NCc3ccnc(OC4CCOC4)c3)nn12. The molecule has 0 aromatic carbocycles. The summed E-state index contributed by atoms with van der Waals surface area (Å²) in [6.45, 7) is 1.54. The second-order valence-electron chi connectivity index (χ2n) is 5.97. The van der Waals surface area contributed by atoms with Crippen LogP contribution in [0.3, 0.4) is 0 Å². The van der Waals surface area contributed by atoms with Gasteiger partial charge in [-0.05, 0) is 23.8 Å². The van der Waals surface area contributed by atoms with Gasteiger partial charge in [0.25, 0.3) is 5.82 Å². The third kappa shape index (κ3) is 3.92. The molecule has 1 unspecified atom stereocenters. The molecule has 0 bridgehead atoms. The van der Waals surface area contributed by atoms with E-state index in [2.05, 4.69) is 25.6 Å². The van der Waals surface area contributed by atoms with Crippen LogP contribution in [0.5, 0.6) is 5.88 Å². The highest BCUT2D eigenvalue weighted by atomic mass is 19.4. The number of anilines is 1. The van der Waals surface area contributed by atoms with Crippen LogP contribution < -0.4 is 10.1 Å². The zero-order valence-corrected chi connectivity index (χ0v) is 14.0. The third-order valence-electron chi connectivity index (χ3n) is 3.96. The van der Waals surface area contributed by atoms with Gasteiger partial charge in [0.2, 0.25) is 5.88 Å². The summed E-state index contributed by atoms with van der Waals surface area (Å²) in [7, 11) is 0. The molecule has 4 rings (SSSR count). The first-order valence-electron chi connectivity index (χ1n) is 8.22. The standard InChI is InChI=1S/C16H15F3N6O2/c17-16(18,19)15-23-22-13-2-1-12(24-25(13)15)21-8-10-3-5-20-14(7-10)27-11-4-6-26-9-11/h1-3,5,7,11H,4,6,8-9H2,(H,21,24).